The number of fused-ring (bicyclic) bond motifs is 1. The molecule has 5 heteroatoms. The van der Waals surface area contributed by atoms with E-state index in [1.807, 2.05) is 28.9 Å². The normalized spacial score (nSPS) is 16.2. The van der Waals surface area contributed by atoms with Crippen LogP contribution >= 0.6 is 11.6 Å². The van der Waals surface area contributed by atoms with Crippen LogP contribution in [0.3, 0.4) is 0 Å². The summed E-state index contributed by atoms with van der Waals surface area (Å²) in [6, 6.07) is 3.64. The van der Waals surface area contributed by atoms with Crippen LogP contribution in [0, 0.1) is 5.92 Å². The minimum atomic E-state index is 0.136. The van der Waals surface area contributed by atoms with E-state index >= 15 is 0 Å². The molecule has 2 aromatic rings. The fourth-order valence-corrected chi connectivity index (χ4v) is 3.16. The van der Waals surface area contributed by atoms with Gasteiger partial charge in [-0.05, 0) is 30.9 Å². The highest BCUT2D eigenvalue weighted by molar-refractivity contribution is 6.30. The van der Waals surface area contributed by atoms with Crippen molar-refractivity contribution >= 4 is 23.2 Å². The molecular formula is C16H20ClN3O. The van der Waals surface area contributed by atoms with E-state index in [0.29, 0.717) is 23.9 Å². The lowest BCUT2D eigenvalue weighted by molar-refractivity contribution is -0.122. The first kappa shape index (κ1) is 14.4. The molecule has 0 atom stereocenters. The van der Waals surface area contributed by atoms with Gasteiger partial charge >= 0.3 is 0 Å². The van der Waals surface area contributed by atoms with Gasteiger partial charge in [-0.3, -0.25) is 4.79 Å². The van der Waals surface area contributed by atoms with E-state index in [2.05, 4.69) is 10.3 Å². The summed E-state index contributed by atoms with van der Waals surface area (Å²) in [5.74, 6) is 0.704. The molecule has 112 valence electrons. The molecular weight excluding hydrogens is 286 g/mol. The monoisotopic (exact) mass is 305 g/mol. The molecule has 2 heterocycles. The lowest BCUT2D eigenvalue weighted by atomic mass is 9.87. The van der Waals surface area contributed by atoms with Crippen LogP contribution in [0.25, 0.3) is 5.65 Å². The Bertz CT molecular complexity index is 631. The van der Waals surface area contributed by atoms with E-state index in [0.717, 1.165) is 11.3 Å². The van der Waals surface area contributed by atoms with Crippen LogP contribution in [-0.4, -0.2) is 15.3 Å². The van der Waals surface area contributed by atoms with Gasteiger partial charge in [0.1, 0.15) is 5.65 Å². The lowest BCUT2D eigenvalue weighted by Gasteiger charge is -2.20. The van der Waals surface area contributed by atoms with E-state index in [-0.39, 0.29) is 5.91 Å². The molecule has 1 amide bonds. The van der Waals surface area contributed by atoms with Gasteiger partial charge < -0.3 is 9.72 Å². The van der Waals surface area contributed by atoms with Gasteiger partial charge in [-0.15, -0.1) is 0 Å². The van der Waals surface area contributed by atoms with Gasteiger partial charge in [0.05, 0.1) is 12.2 Å². The standard InChI is InChI=1S/C16H20ClN3O/c17-13-6-7-20-11-14(19-15(20)9-13)10-18-16(21)8-12-4-2-1-3-5-12/h6-7,9,11-12H,1-5,8,10H2,(H,18,21). The van der Waals surface area contributed by atoms with Crippen LogP contribution in [-0.2, 0) is 11.3 Å². The molecule has 0 aromatic carbocycles. The molecule has 1 saturated carbocycles. The first-order valence-electron chi connectivity index (χ1n) is 7.60. The minimum Gasteiger partial charge on any atom is -0.350 e. The van der Waals surface area contributed by atoms with Crippen molar-refractivity contribution in [3.63, 3.8) is 0 Å². The molecule has 1 fully saturated rings. The van der Waals surface area contributed by atoms with Gasteiger partial charge in [0.15, 0.2) is 0 Å². The van der Waals surface area contributed by atoms with Crippen LogP contribution in [0.1, 0.15) is 44.2 Å². The maximum atomic E-state index is 12.0. The van der Waals surface area contributed by atoms with Crippen molar-refractivity contribution in [1.29, 1.82) is 0 Å². The van der Waals surface area contributed by atoms with E-state index in [4.69, 9.17) is 11.6 Å². The molecule has 0 radical (unpaired) electrons. The van der Waals surface area contributed by atoms with Crippen molar-refractivity contribution in [3.8, 4) is 0 Å². The van der Waals surface area contributed by atoms with E-state index in [1.165, 1.54) is 32.1 Å². The Morgan fingerprint density at radius 3 is 3.00 bits per heavy atom. The van der Waals surface area contributed by atoms with E-state index < -0.39 is 0 Å². The summed E-state index contributed by atoms with van der Waals surface area (Å²) >= 11 is 5.94. The SMILES string of the molecule is O=C(CC1CCCCC1)NCc1cn2ccc(Cl)cc2n1. The number of hydrogen-bond donors (Lipinski definition) is 1. The van der Waals surface area contributed by atoms with Crippen molar-refractivity contribution in [2.24, 2.45) is 5.92 Å². The van der Waals surface area contributed by atoms with Crippen LogP contribution in [0.5, 0.6) is 0 Å². The maximum Gasteiger partial charge on any atom is 0.220 e. The second-order valence-corrected chi connectivity index (χ2v) is 6.26. The second-order valence-electron chi connectivity index (χ2n) is 5.83. The highest BCUT2D eigenvalue weighted by Crippen LogP contribution is 2.26. The summed E-state index contributed by atoms with van der Waals surface area (Å²) in [5, 5.41) is 3.64. The molecule has 21 heavy (non-hydrogen) atoms. The van der Waals surface area contributed by atoms with Crippen LogP contribution in [0.4, 0.5) is 0 Å². The van der Waals surface area contributed by atoms with Crippen molar-refractivity contribution in [1.82, 2.24) is 14.7 Å². The maximum absolute atomic E-state index is 12.0. The molecule has 1 aliphatic carbocycles. The molecule has 0 bridgehead atoms. The molecule has 2 aromatic heterocycles. The third-order valence-corrected chi connectivity index (χ3v) is 4.37. The fourth-order valence-electron chi connectivity index (χ4n) is 3.01. The largest absolute Gasteiger partial charge is 0.350 e. The molecule has 0 spiro atoms. The number of carbonyl (C=O) groups is 1. The number of carbonyl (C=O) groups excluding carboxylic acids is 1. The van der Waals surface area contributed by atoms with Gasteiger partial charge in [-0.1, -0.05) is 30.9 Å². The zero-order valence-electron chi connectivity index (χ0n) is 12.0. The Morgan fingerprint density at radius 2 is 2.19 bits per heavy atom. The quantitative estimate of drug-likeness (QED) is 0.938. The number of amides is 1. The highest BCUT2D eigenvalue weighted by Gasteiger charge is 2.16. The summed E-state index contributed by atoms with van der Waals surface area (Å²) < 4.78 is 1.91. The number of rotatable bonds is 4. The third kappa shape index (κ3) is 3.76. The summed E-state index contributed by atoms with van der Waals surface area (Å²) in [7, 11) is 0. The molecule has 1 N–H and O–H groups in total. The van der Waals surface area contributed by atoms with Crippen molar-refractivity contribution in [2.75, 3.05) is 0 Å². The Kier molecular flexibility index (Phi) is 4.44. The second kappa shape index (κ2) is 6.48. The predicted octanol–water partition coefficient (Wildman–Crippen LogP) is 3.57. The summed E-state index contributed by atoms with van der Waals surface area (Å²) in [6.45, 7) is 0.477. The number of imidazole rings is 1. The van der Waals surface area contributed by atoms with Crippen LogP contribution in [0.2, 0.25) is 5.02 Å². The number of nitrogens with one attached hydrogen (secondary N) is 1. The average molecular weight is 306 g/mol. The minimum absolute atomic E-state index is 0.136. The Morgan fingerprint density at radius 1 is 1.38 bits per heavy atom. The summed E-state index contributed by atoms with van der Waals surface area (Å²) in [5.41, 5.74) is 1.66. The van der Waals surface area contributed by atoms with Crippen molar-refractivity contribution in [3.05, 3.63) is 35.2 Å². The highest BCUT2D eigenvalue weighted by atomic mass is 35.5. The lowest BCUT2D eigenvalue weighted by Crippen LogP contribution is -2.26. The molecule has 0 aliphatic heterocycles. The Labute approximate surface area is 129 Å². The summed E-state index contributed by atoms with van der Waals surface area (Å²) in [6.07, 6.45) is 10.7. The predicted molar refractivity (Wildman–Crippen MR) is 83.2 cm³/mol. The first-order valence-corrected chi connectivity index (χ1v) is 7.98. The van der Waals surface area contributed by atoms with E-state index in [9.17, 15) is 4.79 Å². The number of nitrogens with zero attached hydrogens (tertiary/aromatic N) is 2. The Hall–Kier alpha value is -1.55. The number of halogens is 1. The molecule has 4 nitrogen and oxygen atoms in total. The molecule has 3 rings (SSSR count). The molecule has 0 unspecified atom stereocenters. The van der Waals surface area contributed by atoms with Crippen LogP contribution in [0.15, 0.2) is 24.5 Å². The third-order valence-electron chi connectivity index (χ3n) is 4.14. The average Bonchev–Trinajstić information content (AvgIpc) is 2.88. The number of hydrogen-bond acceptors (Lipinski definition) is 2. The topological polar surface area (TPSA) is 46.4 Å². The van der Waals surface area contributed by atoms with Gasteiger partial charge in [-0.25, -0.2) is 4.98 Å². The number of pyridine rings is 1. The zero-order chi connectivity index (χ0) is 14.7. The van der Waals surface area contributed by atoms with Crippen molar-refractivity contribution < 1.29 is 4.79 Å². The van der Waals surface area contributed by atoms with E-state index in [1.54, 1.807) is 0 Å². The fraction of sp³-hybridized carbons (Fsp3) is 0.500. The smallest absolute Gasteiger partial charge is 0.220 e. The first-order chi connectivity index (χ1) is 10.2. The zero-order valence-corrected chi connectivity index (χ0v) is 12.8. The van der Waals surface area contributed by atoms with Gasteiger partial charge in [0.25, 0.3) is 0 Å². The number of aromatic nitrogens is 2. The molecule has 0 saturated heterocycles. The molecule has 1 aliphatic rings. The van der Waals surface area contributed by atoms with Gasteiger partial charge in [0, 0.05) is 23.8 Å². The van der Waals surface area contributed by atoms with Crippen LogP contribution < -0.4 is 5.32 Å². The van der Waals surface area contributed by atoms with Crippen molar-refractivity contribution in [2.45, 2.75) is 45.1 Å². The van der Waals surface area contributed by atoms with Gasteiger partial charge in [0.2, 0.25) is 5.91 Å². The Balaban J connectivity index is 1.54. The summed E-state index contributed by atoms with van der Waals surface area (Å²) in [4.78, 5) is 16.4. The van der Waals surface area contributed by atoms with Gasteiger partial charge in [-0.2, -0.15) is 0 Å².